The average molecular weight is 406 g/mol. The second kappa shape index (κ2) is 8.93. The molecule has 0 spiro atoms. The molecule has 0 saturated carbocycles. The molecule has 3 rings (SSSR count). The molecule has 5 heteroatoms. The molecule has 3 aromatic carbocycles. The van der Waals surface area contributed by atoms with Crippen LogP contribution in [0.25, 0.3) is 21.9 Å². The summed E-state index contributed by atoms with van der Waals surface area (Å²) in [6.07, 6.45) is 2.03. The van der Waals surface area contributed by atoms with Crippen molar-refractivity contribution in [1.82, 2.24) is 0 Å². The van der Waals surface area contributed by atoms with E-state index in [0.717, 1.165) is 35.9 Å². The molecule has 0 bridgehead atoms. The van der Waals surface area contributed by atoms with Gasteiger partial charge in [-0.25, -0.2) is 8.78 Å². The van der Waals surface area contributed by atoms with Crippen LogP contribution in [0.2, 0.25) is 0 Å². The van der Waals surface area contributed by atoms with Gasteiger partial charge in [0, 0.05) is 10.9 Å². The Bertz CT molecular complexity index is 988. The molecule has 0 fully saturated rings. The Hall–Kier alpha value is -2.43. The fourth-order valence-electron chi connectivity index (χ4n) is 3.56. The van der Waals surface area contributed by atoms with Crippen molar-refractivity contribution in [3.05, 3.63) is 71.3 Å². The summed E-state index contributed by atoms with van der Waals surface area (Å²) in [7, 11) is 0. The van der Waals surface area contributed by atoms with E-state index in [2.05, 4.69) is 6.92 Å². The number of unbranched alkanes of at least 4 members (excludes halogenated alkanes) is 4. The molecule has 0 atom stereocenters. The molecular formula is C24H23F5. The lowest BCUT2D eigenvalue weighted by atomic mass is 9.96. The van der Waals surface area contributed by atoms with E-state index < -0.39 is 23.4 Å². The van der Waals surface area contributed by atoms with E-state index in [1.54, 1.807) is 12.1 Å². The van der Waals surface area contributed by atoms with Gasteiger partial charge in [-0.1, -0.05) is 69.0 Å². The Balaban J connectivity index is 1.85. The number of benzene rings is 3. The maximum Gasteiger partial charge on any atom is 0.419 e. The van der Waals surface area contributed by atoms with Crippen LogP contribution in [0.1, 0.15) is 50.2 Å². The summed E-state index contributed by atoms with van der Waals surface area (Å²) in [6, 6.07) is 11.2. The fraction of sp³-hybridized carbons (Fsp3) is 0.333. The largest absolute Gasteiger partial charge is 0.419 e. The van der Waals surface area contributed by atoms with Gasteiger partial charge >= 0.3 is 6.18 Å². The van der Waals surface area contributed by atoms with Gasteiger partial charge in [0.2, 0.25) is 0 Å². The lowest BCUT2D eigenvalue weighted by Crippen LogP contribution is -2.07. The number of hydrogen-bond acceptors (Lipinski definition) is 0. The van der Waals surface area contributed by atoms with Crippen LogP contribution in [0.3, 0.4) is 0 Å². The Morgan fingerprint density at radius 1 is 0.793 bits per heavy atom. The summed E-state index contributed by atoms with van der Waals surface area (Å²) in [5, 5.41) is 1.10. The van der Waals surface area contributed by atoms with Crippen molar-refractivity contribution in [2.75, 3.05) is 0 Å². The number of fused-ring (bicyclic) bond motifs is 1. The molecule has 0 heterocycles. The first kappa shape index (κ1) is 21.3. The van der Waals surface area contributed by atoms with Crippen LogP contribution >= 0.6 is 0 Å². The van der Waals surface area contributed by atoms with E-state index in [4.69, 9.17) is 0 Å². The van der Waals surface area contributed by atoms with Gasteiger partial charge in [-0.3, -0.25) is 0 Å². The second-order valence-electron chi connectivity index (χ2n) is 7.34. The van der Waals surface area contributed by atoms with Gasteiger partial charge in [-0.15, -0.1) is 0 Å². The Kier molecular flexibility index (Phi) is 6.56. The molecule has 3 aromatic rings. The third-order valence-corrected chi connectivity index (χ3v) is 5.17. The monoisotopic (exact) mass is 406 g/mol. The summed E-state index contributed by atoms with van der Waals surface area (Å²) < 4.78 is 67.1. The average Bonchev–Trinajstić information content (AvgIpc) is 2.67. The summed E-state index contributed by atoms with van der Waals surface area (Å²) in [6.45, 7) is 2.17. The minimum absolute atomic E-state index is 0.0786. The van der Waals surface area contributed by atoms with E-state index >= 15 is 0 Å². The number of alkyl halides is 3. The first-order valence-electron chi connectivity index (χ1n) is 9.89. The summed E-state index contributed by atoms with van der Waals surface area (Å²) in [4.78, 5) is 0. The zero-order chi connectivity index (χ0) is 21.0. The van der Waals surface area contributed by atoms with Crippen molar-refractivity contribution >= 4 is 10.8 Å². The van der Waals surface area contributed by atoms with Gasteiger partial charge in [0.25, 0.3) is 0 Å². The van der Waals surface area contributed by atoms with Gasteiger partial charge in [-0.2, -0.15) is 13.2 Å². The van der Waals surface area contributed by atoms with Crippen LogP contribution in [0, 0.1) is 11.6 Å². The number of aryl methyl sites for hydroxylation is 1. The van der Waals surface area contributed by atoms with E-state index in [9.17, 15) is 22.0 Å². The predicted octanol–water partition coefficient (Wildman–Crippen LogP) is 8.32. The fourth-order valence-corrected chi connectivity index (χ4v) is 3.56. The third-order valence-electron chi connectivity index (χ3n) is 5.17. The zero-order valence-electron chi connectivity index (χ0n) is 16.3. The van der Waals surface area contributed by atoms with E-state index in [1.807, 2.05) is 12.1 Å². The Morgan fingerprint density at radius 3 is 2.24 bits per heavy atom. The molecule has 0 unspecified atom stereocenters. The lowest BCUT2D eigenvalue weighted by molar-refractivity contribution is -0.139. The first-order valence-corrected chi connectivity index (χ1v) is 9.89. The number of halogens is 5. The minimum Gasteiger partial charge on any atom is -0.206 e. The van der Waals surface area contributed by atoms with Crippen LogP contribution in [-0.2, 0) is 12.6 Å². The van der Waals surface area contributed by atoms with E-state index in [-0.39, 0.29) is 11.1 Å². The van der Waals surface area contributed by atoms with Gasteiger partial charge in [0.1, 0.15) is 11.6 Å². The Labute approximate surface area is 167 Å². The second-order valence-corrected chi connectivity index (χ2v) is 7.34. The maximum atomic E-state index is 15.0. The highest BCUT2D eigenvalue weighted by Gasteiger charge is 2.34. The van der Waals surface area contributed by atoms with Crippen molar-refractivity contribution < 1.29 is 22.0 Å². The predicted molar refractivity (Wildman–Crippen MR) is 107 cm³/mol. The molecule has 154 valence electrons. The van der Waals surface area contributed by atoms with Crippen LogP contribution < -0.4 is 0 Å². The summed E-state index contributed by atoms with van der Waals surface area (Å²) >= 11 is 0. The smallest absolute Gasteiger partial charge is 0.206 e. The minimum atomic E-state index is -4.78. The quantitative estimate of drug-likeness (QED) is 0.273. The van der Waals surface area contributed by atoms with Crippen LogP contribution in [0.4, 0.5) is 22.0 Å². The van der Waals surface area contributed by atoms with Gasteiger partial charge < -0.3 is 0 Å². The van der Waals surface area contributed by atoms with Crippen molar-refractivity contribution in [3.8, 4) is 11.1 Å². The molecule has 0 aromatic heterocycles. The molecule has 0 aliphatic carbocycles. The molecular weight excluding hydrogens is 383 g/mol. The SMILES string of the molecule is CCCCCCCc1ccc2c(F)c(-c3ccc(C(F)(F)F)c(F)c3)ccc2c1. The van der Waals surface area contributed by atoms with E-state index in [1.165, 1.54) is 31.7 Å². The van der Waals surface area contributed by atoms with Crippen molar-refractivity contribution in [2.45, 2.75) is 51.6 Å². The third kappa shape index (κ3) is 4.95. The van der Waals surface area contributed by atoms with E-state index in [0.29, 0.717) is 11.5 Å². The zero-order valence-corrected chi connectivity index (χ0v) is 16.3. The highest BCUT2D eigenvalue weighted by atomic mass is 19.4. The number of hydrogen-bond donors (Lipinski definition) is 0. The maximum absolute atomic E-state index is 15.0. The van der Waals surface area contributed by atoms with Gasteiger partial charge in [-0.05, 0) is 41.5 Å². The Morgan fingerprint density at radius 2 is 1.55 bits per heavy atom. The standard InChI is InChI=1S/C24H23F5/c1-2-3-4-5-6-7-16-8-11-19-17(14-16)9-12-20(23(19)26)18-10-13-21(22(25)15-18)24(27,28)29/h8-15H,2-7H2,1H3. The molecule has 29 heavy (non-hydrogen) atoms. The lowest BCUT2D eigenvalue weighted by Gasteiger charge is -2.12. The van der Waals surface area contributed by atoms with Crippen molar-refractivity contribution in [1.29, 1.82) is 0 Å². The molecule has 0 aliphatic heterocycles. The highest BCUT2D eigenvalue weighted by molar-refractivity contribution is 5.88. The molecule has 0 amide bonds. The summed E-state index contributed by atoms with van der Waals surface area (Å²) in [5.74, 6) is -1.97. The van der Waals surface area contributed by atoms with Gasteiger partial charge in [0.15, 0.2) is 0 Å². The molecule has 0 aliphatic rings. The van der Waals surface area contributed by atoms with Gasteiger partial charge in [0.05, 0.1) is 5.56 Å². The summed E-state index contributed by atoms with van der Waals surface area (Å²) in [5.41, 5.74) is -0.0694. The topological polar surface area (TPSA) is 0 Å². The first-order chi connectivity index (χ1) is 13.8. The highest BCUT2D eigenvalue weighted by Crippen LogP contribution is 2.35. The normalized spacial score (nSPS) is 11.9. The molecule has 0 radical (unpaired) electrons. The molecule has 0 saturated heterocycles. The van der Waals surface area contributed by atoms with Crippen molar-refractivity contribution in [3.63, 3.8) is 0 Å². The molecule has 0 nitrogen and oxygen atoms in total. The van der Waals surface area contributed by atoms with Crippen LogP contribution in [0.15, 0.2) is 48.5 Å². The molecule has 0 N–H and O–H groups in total. The van der Waals surface area contributed by atoms with Crippen LogP contribution in [0.5, 0.6) is 0 Å². The van der Waals surface area contributed by atoms with Crippen molar-refractivity contribution in [2.24, 2.45) is 0 Å². The number of rotatable bonds is 7. The van der Waals surface area contributed by atoms with Crippen LogP contribution in [-0.4, -0.2) is 0 Å².